The average molecular weight is 529 g/mol. The van der Waals surface area contributed by atoms with Gasteiger partial charge in [-0.1, -0.05) is 36.0 Å². The second-order valence-electron chi connectivity index (χ2n) is 9.49. The summed E-state index contributed by atoms with van der Waals surface area (Å²) < 4.78 is 11.1. The number of benzene rings is 2. The van der Waals surface area contributed by atoms with Crippen molar-refractivity contribution in [3.05, 3.63) is 46.2 Å². The zero-order valence-corrected chi connectivity index (χ0v) is 22.0. The number of halogens is 2. The van der Waals surface area contributed by atoms with E-state index in [1.165, 1.54) is 12.8 Å². The van der Waals surface area contributed by atoms with Crippen molar-refractivity contribution >= 4 is 51.5 Å². The second-order valence-corrected chi connectivity index (χ2v) is 10.3. The van der Waals surface area contributed by atoms with Crippen molar-refractivity contribution < 1.29 is 14.3 Å². The number of carbonyl (C=O) groups is 1. The Balaban J connectivity index is 1.38. The molecule has 2 aliphatic rings. The third-order valence-corrected chi connectivity index (χ3v) is 8.01. The third-order valence-electron chi connectivity index (χ3n) is 7.27. The highest BCUT2D eigenvalue weighted by Gasteiger charge is 2.29. The highest BCUT2D eigenvalue weighted by atomic mass is 35.5. The molecule has 5 rings (SSSR count). The first-order chi connectivity index (χ1) is 17.5. The predicted molar refractivity (Wildman–Crippen MR) is 144 cm³/mol. The molecule has 36 heavy (non-hydrogen) atoms. The van der Waals surface area contributed by atoms with Gasteiger partial charge in [0.05, 0.1) is 29.8 Å². The minimum absolute atomic E-state index is 0.00126. The summed E-state index contributed by atoms with van der Waals surface area (Å²) in [5, 5.41) is 4.80. The van der Waals surface area contributed by atoms with Gasteiger partial charge >= 0.3 is 0 Å². The van der Waals surface area contributed by atoms with E-state index in [2.05, 4.69) is 10.2 Å². The normalized spacial score (nSPS) is 16.9. The molecule has 190 valence electrons. The Morgan fingerprint density at radius 1 is 0.944 bits per heavy atom. The number of hydrogen-bond acceptors (Lipinski definition) is 6. The van der Waals surface area contributed by atoms with Gasteiger partial charge in [-0.3, -0.25) is 4.79 Å². The molecule has 2 fully saturated rings. The minimum atomic E-state index is -0.0901. The molecule has 1 saturated carbocycles. The fraction of sp³-hybridized carbons (Fsp3) is 0.444. The van der Waals surface area contributed by atoms with Crippen LogP contribution in [-0.2, 0) is 4.79 Å². The number of hydrogen-bond donors (Lipinski definition) is 1. The van der Waals surface area contributed by atoms with Crippen LogP contribution in [0.2, 0.25) is 10.0 Å². The summed E-state index contributed by atoms with van der Waals surface area (Å²) in [4.78, 5) is 25.2. The van der Waals surface area contributed by atoms with E-state index < -0.39 is 0 Å². The van der Waals surface area contributed by atoms with E-state index in [4.69, 9.17) is 42.6 Å². The van der Waals surface area contributed by atoms with Crippen LogP contribution in [0.5, 0.6) is 11.5 Å². The van der Waals surface area contributed by atoms with E-state index >= 15 is 0 Å². The van der Waals surface area contributed by atoms with Crippen LogP contribution in [0.15, 0.2) is 30.3 Å². The number of ether oxygens (including phenoxy) is 2. The van der Waals surface area contributed by atoms with Crippen LogP contribution in [0.3, 0.4) is 0 Å². The SMILES string of the molecule is COc1cc2nc(C3CCCC3)nc(N3CCC(C(=O)Nc4ccc(Cl)c(Cl)c4)CC3)c2cc1OC. The summed E-state index contributed by atoms with van der Waals surface area (Å²) >= 11 is 12.1. The van der Waals surface area contributed by atoms with Crippen LogP contribution in [0.4, 0.5) is 11.5 Å². The molecule has 1 saturated heterocycles. The molecule has 1 aliphatic heterocycles. The van der Waals surface area contributed by atoms with Gasteiger partial charge < -0.3 is 19.7 Å². The van der Waals surface area contributed by atoms with Gasteiger partial charge in [0, 0.05) is 42.1 Å². The highest BCUT2D eigenvalue weighted by molar-refractivity contribution is 6.42. The maximum absolute atomic E-state index is 12.9. The molecule has 1 amide bonds. The van der Waals surface area contributed by atoms with Crippen LogP contribution in [0.25, 0.3) is 10.9 Å². The van der Waals surface area contributed by atoms with E-state index in [0.717, 1.165) is 61.3 Å². The fourth-order valence-corrected chi connectivity index (χ4v) is 5.53. The van der Waals surface area contributed by atoms with Gasteiger partial charge in [0.2, 0.25) is 5.91 Å². The van der Waals surface area contributed by atoms with Crippen molar-refractivity contribution in [3.63, 3.8) is 0 Å². The lowest BCUT2D eigenvalue weighted by molar-refractivity contribution is -0.120. The molecule has 2 heterocycles. The highest BCUT2D eigenvalue weighted by Crippen LogP contribution is 2.39. The number of rotatable bonds is 6. The third kappa shape index (κ3) is 5.04. The summed E-state index contributed by atoms with van der Waals surface area (Å²) in [7, 11) is 3.27. The van der Waals surface area contributed by atoms with E-state index in [9.17, 15) is 4.79 Å². The molecule has 0 bridgehead atoms. The molecule has 3 aromatic rings. The molecule has 0 atom stereocenters. The summed E-state index contributed by atoms with van der Waals surface area (Å²) in [5.41, 5.74) is 1.51. The van der Waals surface area contributed by atoms with E-state index in [0.29, 0.717) is 33.1 Å². The lowest BCUT2D eigenvalue weighted by Gasteiger charge is -2.33. The van der Waals surface area contributed by atoms with Crippen molar-refractivity contribution in [1.29, 1.82) is 0 Å². The Kier molecular flexibility index (Phi) is 7.39. The average Bonchev–Trinajstić information content (AvgIpc) is 3.44. The van der Waals surface area contributed by atoms with E-state index in [1.807, 2.05) is 12.1 Å². The Morgan fingerprint density at radius 2 is 1.64 bits per heavy atom. The molecule has 0 radical (unpaired) electrons. The Labute approximate surface area is 221 Å². The number of aromatic nitrogens is 2. The lowest BCUT2D eigenvalue weighted by Crippen LogP contribution is -2.38. The van der Waals surface area contributed by atoms with E-state index in [-0.39, 0.29) is 11.8 Å². The number of nitrogens with one attached hydrogen (secondary N) is 1. The van der Waals surface area contributed by atoms with Crippen LogP contribution >= 0.6 is 23.2 Å². The van der Waals surface area contributed by atoms with Gasteiger partial charge in [0.15, 0.2) is 11.5 Å². The quantitative estimate of drug-likeness (QED) is 0.395. The van der Waals surface area contributed by atoms with Crippen LogP contribution < -0.4 is 19.7 Å². The molecule has 2 aromatic carbocycles. The van der Waals surface area contributed by atoms with Crippen molar-refractivity contribution in [3.8, 4) is 11.5 Å². The van der Waals surface area contributed by atoms with Gasteiger partial charge in [-0.25, -0.2) is 9.97 Å². The van der Waals surface area contributed by atoms with Gasteiger partial charge in [-0.2, -0.15) is 0 Å². The first-order valence-electron chi connectivity index (χ1n) is 12.4. The number of fused-ring (bicyclic) bond motifs is 1. The smallest absolute Gasteiger partial charge is 0.227 e. The summed E-state index contributed by atoms with van der Waals surface area (Å²) in [5.74, 6) is 3.42. The van der Waals surface area contributed by atoms with Gasteiger partial charge in [0.1, 0.15) is 11.6 Å². The number of nitrogens with zero attached hydrogens (tertiary/aromatic N) is 3. The summed E-state index contributed by atoms with van der Waals surface area (Å²) in [6, 6.07) is 9.03. The molecule has 7 nitrogen and oxygen atoms in total. The van der Waals surface area contributed by atoms with Gasteiger partial charge in [-0.05, 0) is 49.9 Å². The molecular weight excluding hydrogens is 499 g/mol. The monoisotopic (exact) mass is 528 g/mol. The zero-order chi connectivity index (χ0) is 25.2. The molecule has 0 spiro atoms. The standard InChI is InChI=1S/C27H30Cl2N4O3/c1-35-23-14-19-22(15-24(23)36-2)31-25(16-5-3-4-6-16)32-26(19)33-11-9-17(10-12-33)27(34)30-18-7-8-20(28)21(29)13-18/h7-8,13-17H,3-6,9-12H2,1-2H3,(H,30,34). The van der Waals surface area contributed by atoms with Crippen LogP contribution in [0.1, 0.15) is 50.3 Å². The number of amides is 1. The zero-order valence-electron chi connectivity index (χ0n) is 20.5. The first kappa shape index (κ1) is 24.9. The molecule has 1 aliphatic carbocycles. The van der Waals surface area contributed by atoms with Crippen molar-refractivity contribution in [2.75, 3.05) is 37.5 Å². The fourth-order valence-electron chi connectivity index (χ4n) is 5.24. The topological polar surface area (TPSA) is 76.6 Å². The first-order valence-corrected chi connectivity index (χ1v) is 13.2. The Bertz CT molecular complexity index is 1270. The largest absolute Gasteiger partial charge is 0.493 e. The van der Waals surface area contributed by atoms with Crippen LogP contribution in [-0.4, -0.2) is 43.2 Å². The molecule has 0 unspecified atom stereocenters. The Morgan fingerprint density at radius 3 is 2.31 bits per heavy atom. The van der Waals surface area contributed by atoms with E-state index in [1.54, 1.807) is 32.4 Å². The predicted octanol–water partition coefficient (Wildman–Crippen LogP) is 6.47. The molecular formula is C27H30Cl2N4O3. The molecule has 1 aromatic heterocycles. The number of piperidine rings is 1. The van der Waals surface area contributed by atoms with Gasteiger partial charge in [-0.15, -0.1) is 0 Å². The summed E-state index contributed by atoms with van der Waals surface area (Å²) in [6.45, 7) is 1.45. The minimum Gasteiger partial charge on any atom is -0.493 e. The maximum Gasteiger partial charge on any atom is 0.227 e. The van der Waals surface area contributed by atoms with Crippen molar-refractivity contribution in [2.24, 2.45) is 5.92 Å². The molecule has 9 heteroatoms. The van der Waals surface area contributed by atoms with Crippen molar-refractivity contribution in [1.82, 2.24) is 9.97 Å². The number of anilines is 2. The Hall–Kier alpha value is -2.77. The van der Waals surface area contributed by atoms with Crippen LogP contribution in [0, 0.1) is 5.92 Å². The van der Waals surface area contributed by atoms with Gasteiger partial charge in [0.25, 0.3) is 0 Å². The number of carbonyl (C=O) groups excluding carboxylic acids is 1. The molecule has 1 N–H and O–H groups in total. The maximum atomic E-state index is 12.9. The van der Waals surface area contributed by atoms with Crippen molar-refractivity contribution in [2.45, 2.75) is 44.4 Å². The second kappa shape index (κ2) is 10.7. The summed E-state index contributed by atoms with van der Waals surface area (Å²) in [6.07, 6.45) is 6.12. The lowest BCUT2D eigenvalue weighted by atomic mass is 9.95. The number of methoxy groups -OCH3 is 2.